The number of ether oxygens (including phenoxy) is 2. The molecule has 0 aliphatic rings. The van der Waals surface area contributed by atoms with E-state index in [-0.39, 0.29) is 12.5 Å². The fourth-order valence-electron chi connectivity index (χ4n) is 2.13. The molecule has 0 aromatic heterocycles. The molecular formula is C20H26N2O3. The molecule has 0 saturated heterocycles. The van der Waals surface area contributed by atoms with Crippen LogP contribution in [0.1, 0.15) is 11.1 Å². The number of carbonyl (C=O) groups excluding carboxylic acids is 1. The average Bonchev–Trinajstić information content (AvgIpc) is 2.57. The van der Waals surface area contributed by atoms with Gasteiger partial charge in [0, 0.05) is 12.2 Å². The standard InChI is InChI=1S/C20H26N2O3/c1-15-5-8-19(13-16(15)2)25-14-20(23)21-17-6-9-18(10-7-17)24-12-11-22(3)4/h5-10,13H,11-12,14H2,1-4H3,(H,21,23). The molecule has 0 atom stereocenters. The monoisotopic (exact) mass is 342 g/mol. The van der Waals surface area contributed by atoms with Crippen LogP contribution in [-0.2, 0) is 4.79 Å². The third-order valence-corrected chi connectivity index (χ3v) is 3.79. The lowest BCUT2D eigenvalue weighted by atomic mass is 10.1. The van der Waals surface area contributed by atoms with Gasteiger partial charge >= 0.3 is 0 Å². The summed E-state index contributed by atoms with van der Waals surface area (Å²) in [7, 11) is 4.00. The molecule has 2 rings (SSSR count). The zero-order valence-corrected chi connectivity index (χ0v) is 15.3. The van der Waals surface area contributed by atoms with Crippen LogP contribution < -0.4 is 14.8 Å². The van der Waals surface area contributed by atoms with Gasteiger partial charge in [-0.25, -0.2) is 0 Å². The first kappa shape index (κ1) is 18.8. The van der Waals surface area contributed by atoms with Crippen molar-refractivity contribution >= 4 is 11.6 Å². The molecule has 0 fully saturated rings. The third-order valence-electron chi connectivity index (χ3n) is 3.79. The second-order valence-electron chi connectivity index (χ2n) is 6.26. The third kappa shape index (κ3) is 6.47. The van der Waals surface area contributed by atoms with E-state index in [9.17, 15) is 4.79 Å². The molecule has 2 aromatic rings. The largest absolute Gasteiger partial charge is 0.492 e. The van der Waals surface area contributed by atoms with Crippen LogP contribution in [0.25, 0.3) is 0 Å². The minimum Gasteiger partial charge on any atom is -0.492 e. The van der Waals surface area contributed by atoms with Crippen molar-refractivity contribution in [3.63, 3.8) is 0 Å². The zero-order valence-electron chi connectivity index (χ0n) is 15.3. The van der Waals surface area contributed by atoms with Gasteiger partial charge in [-0.3, -0.25) is 4.79 Å². The van der Waals surface area contributed by atoms with Crippen LogP contribution in [0.5, 0.6) is 11.5 Å². The summed E-state index contributed by atoms with van der Waals surface area (Å²) in [6.07, 6.45) is 0. The Morgan fingerprint density at radius 3 is 2.28 bits per heavy atom. The molecule has 25 heavy (non-hydrogen) atoms. The van der Waals surface area contributed by atoms with Crippen LogP contribution in [0.4, 0.5) is 5.69 Å². The van der Waals surface area contributed by atoms with Crippen LogP contribution in [0, 0.1) is 13.8 Å². The highest BCUT2D eigenvalue weighted by molar-refractivity contribution is 5.91. The Kier molecular flexibility index (Phi) is 6.83. The van der Waals surface area contributed by atoms with Crippen LogP contribution in [-0.4, -0.2) is 44.7 Å². The van der Waals surface area contributed by atoms with E-state index in [1.807, 2.05) is 70.4 Å². The number of likely N-dealkylation sites (N-methyl/N-ethyl adjacent to an activating group) is 1. The first-order valence-electron chi connectivity index (χ1n) is 8.31. The van der Waals surface area contributed by atoms with Gasteiger partial charge in [-0.2, -0.15) is 0 Å². The smallest absolute Gasteiger partial charge is 0.262 e. The van der Waals surface area contributed by atoms with Crippen LogP contribution >= 0.6 is 0 Å². The van der Waals surface area contributed by atoms with Gasteiger partial charge in [-0.15, -0.1) is 0 Å². The van der Waals surface area contributed by atoms with E-state index in [4.69, 9.17) is 9.47 Å². The van der Waals surface area contributed by atoms with Gasteiger partial charge in [0.2, 0.25) is 0 Å². The number of aryl methyl sites for hydroxylation is 2. The molecule has 134 valence electrons. The molecule has 1 amide bonds. The Balaban J connectivity index is 1.78. The van der Waals surface area contributed by atoms with Crippen molar-refractivity contribution in [1.82, 2.24) is 4.90 Å². The van der Waals surface area contributed by atoms with Crippen LogP contribution in [0.2, 0.25) is 0 Å². The molecule has 0 unspecified atom stereocenters. The summed E-state index contributed by atoms with van der Waals surface area (Å²) in [5, 5.41) is 2.81. The molecule has 5 heteroatoms. The van der Waals surface area contributed by atoms with Gasteiger partial charge in [0.1, 0.15) is 18.1 Å². The van der Waals surface area contributed by atoms with Crippen molar-refractivity contribution < 1.29 is 14.3 Å². The average molecular weight is 342 g/mol. The van der Waals surface area contributed by atoms with E-state index in [1.165, 1.54) is 5.56 Å². The molecule has 0 bridgehead atoms. The van der Waals surface area contributed by atoms with Gasteiger partial charge in [0.15, 0.2) is 6.61 Å². The van der Waals surface area contributed by atoms with E-state index in [2.05, 4.69) is 10.2 Å². The maximum atomic E-state index is 12.0. The van der Waals surface area contributed by atoms with Gasteiger partial charge in [0.05, 0.1) is 0 Å². The van der Waals surface area contributed by atoms with Crippen molar-refractivity contribution in [2.45, 2.75) is 13.8 Å². The topological polar surface area (TPSA) is 50.8 Å². The first-order chi connectivity index (χ1) is 11.9. The van der Waals surface area contributed by atoms with E-state index in [0.717, 1.165) is 17.9 Å². The maximum absolute atomic E-state index is 12.0. The van der Waals surface area contributed by atoms with Gasteiger partial charge in [-0.1, -0.05) is 6.07 Å². The summed E-state index contributed by atoms with van der Waals surface area (Å²) in [4.78, 5) is 14.1. The maximum Gasteiger partial charge on any atom is 0.262 e. The summed E-state index contributed by atoms with van der Waals surface area (Å²) in [5.41, 5.74) is 3.06. The minimum absolute atomic E-state index is 0.0242. The molecule has 1 N–H and O–H groups in total. The first-order valence-corrected chi connectivity index (χ1v) is 8.31. The summed E-state index contributed by atoms with van der Waals surface area (Å²) in [6.45, 7) is 5.52. The number of rotatable bonds is 8. The highest BCUT2D eigenvalue weighted by atomic mass is 16.5. The number of carbonyl (C=O) groups is 1. The van der Waals surface area contributed by atoms with Crippen molar-refractivity contribution in [3.05, 3.63) is 53.6 Å². The number of nitrogens with zero attached hydrogens (tertiary/aromatic N) is 1. The lowest BCUT2D eigenvalue weighted by Crippen LogP contribution is -2.20. The SMILES string of the molecule is Cc1ccc(OCC(=O)Nc2ccc(OCCN(C)C)cc2)cc1C. The summed E-state index contributed by atoms with van der Waals surface area (Å²) in [6, 6.07) is 13.1. The normalized spacial score (nSPS) is 10.6. The molecule has 0 radical (unpaired) electrons. The van der Waals surface area contributed by atoms with Crippen LogP contribution in [0.15, 0.2) is 42.5 Å². The van der Waals surface area contributed by atoms with Crippen molar-refractivity contribution in [1.29, 1.82) is 0 Å². The van der Waals surface area contributed by atoms with Crippen molar-refractivity contribution in [3.8, 4) is 11.5 Å². The number of hydrogen-bond acceptors (Lipinski definition) is 4. The predicted octanol–water partition coefficient (Wildman–Crippen LogP) is 3.26. The minimum atomic E-state index is -0.195. The Labute approximate surface area is 149 Å². The molecule has 0 aliphatic heterocycles. The van der Waals surface area contributed by atoms with Gasteiger partial charge in [-0.05, 0) is 75.5 Å². The molecular weight excluding hydrogens is 316 g/mol. The highest BCUT2D eigenvalue weighted by Crippen LogP contribution is 2.17. The van der Waals surface area contributed by atoms with Crippen LogP contribution in [0.3, 0.4) is 0 Å². The lowest BCUT2D eigenvalue weighted by Gasteiger charge is -2.12. The summed E-state index contributed by atoms with van der Waals surface area (Å²) < 4.78 is 11.2. The molecule has 2 aromatic carbocycles. The number of anilines is 1. The fourth-order valence-corrected chi connectivity index (χ4v) is 2.13. The summed E-state index contributed by atoms with van der Waals surface area (Å²) >= 11 is 0. The Morgan fingerprint density at radius 2 is 1.64 bits per heavy atom. The second-order valence-corrected chi connectivity index (χ2v) is 6.26. The molecule has 5 nitrogen and oxygen atoms in total. The molecule has 0 spiro atoms. The zero-order chi connectivity index (χ0) is 18.2. The van der Waals surface area contributed by atoms with Crippen molar-refractivity contribution in [2.75, 3.05) is 39.2 Å². The van der Waals surface area contributed by atoms with E-state index < -0.39 is 0 Å². The van der Waals surface area contributed by atoms with E-state index in [0.29, 0.717) is 18.0 Å². The Bertz CT molecular complexity index is 697. The van der Waals surface area contributed by atoms with Crippen molar-refractivity contribution in [2.24, 2.45) is 0 Å². The number of amides is 1. The predicted molar refractivity (Wildman–Crippen MR) is 101 cm³/mol. The lowest BCUT2D eigenvalue weighted by molar-refractivity contribution is -0.118. The molecule has 0 aliphatic carbocycles. The quantitative estimate of drug-likeness (QED) is 0.800. The number of nitrogens with one attached hydrogen (secondary N) is 1. The molecule has 0 heterocycles. The van der Waals surface area contributed by atoms with Gasteiger partial charge in [0.25, 0.3) is 5.91 Å². The Morgan fingerprint density at radius 1 is 0.960 bits per heavy atom. The van der Waals surface area contributed by atoms with E-state index in [1.54, 1.807) is 0 Å². The van der Waals surface area contributed by atoms with E-state index >= 15 is 0 Å². The molecule has 0 saturated carbocycles. The number of hydrogen-bond donors (Lipinski definition) is 1. The highest BCUT2D eigenvalue weighted by Gasteiger charge is 2.05. The Hall–Kier alpha value is -2.53. The fraction of sp³-hybridized carbons (Fsp3) is 0.350. The number of benzene rings is 2. The second kappa shape index (κ2) is 9.08. The van der Waals surface area contributed by atoms with Gasteiger partial charge < -0.3 is 19.7 Å². The summed E-state index contributed by atoms with van der Waals surface area (Å²) in [5.74, 6) is 1.29.